The molecule has 0 radical (unpaired) electrons. The molecule has 0 saturated carbocycles. The largest absolute Gasteiger partial charge is 0.378 e. The van der Waals surface area contributed by atoms with Crippen molar-refractivity contribution in [3.63, 3.8) is 0 Å². The van der Waals surface area contributed by atoms with Crippen LogP contribution in [-0.2, 0) is 14.3 Å². The van der Waals surface area contributed by atoms with Crippen molar-refractivity contribution in [2.24, 2.45) is 0 Å². The molecule has 1 saturated heterocycles. The lowest BCUT2D eigenvalue weighted by Crippen LogP contribution is -2.37. The van der Waals surface area contributed by atoms with Crippen LogP contribution >= 0.6 is 23.2 Å². The van der Waals surface area contributed by atoms with Crippen molar-refractivity contribution in [1.82, 2.24) is 9.97 Å². The highest BCUT2D eigenvalue weighted by Crippen LogP contribution is 2.19. The number of hydrogen-bond donors (Lipinski definition) is 2. The number of anilines is 3. The van der Waals surface area contributed by atoms with Gasteiger partial charge in [-0.15, -0.1) is 0 Å². The van der Waals surface area contributed by atoms with Crippen LogP contribution in [0.15, 0.2) is 66.5 Å². The van der Waals surface area contributed by atoms with E-state index in [0.717, 1.165) is 0 Å². The highest BCUT2D eigenvalue weighted by atomic mass is 35.5. The van der Waals surface area contributed by atoms with Crippen molar-refractivity contribution in [2.75, 3.05) is 41.8 Å². The molecule has 3 aromatic rings. The van der Waals surface area contributed by atoms with Gasteiger partial charge in [-0.1, -0.05) is 35.3 Å². The molecule has 2 amide bonds. The molecule has 1 aromatic heterocycles. The summed E-state index contributed by atoms with van der Waals surface area (Å²) in [5.41, 5.74) is 1.27. The van der Waals surface area contributed by atoms with Crippen LogP contribution in [0, 0.1) is 0 Å². The summed E-state index contributed by atoms with van der Waals surface area (Å²) in [5.74, 6) is -0.660. The number of amides is 2. The van der Waals surface area contributed by atoms with Crippen molar-refractivity contribution in [3.8, 4) is 0 Å². The standard InChI is InChI=1S/C24H21Cl2N5O3/c25-17-3-1-5-19(12-17)29-22(32)21(23(33)30-20-6-2-4-18(26)13-20)11-16-14-27-24(28-15-16)31-7-9-34-10-8-31/h1-6,11-15H,7-10H2,(H,29,32)(H,30,33). The quantitative estimate of drug-likeness (QED) is 0.299. The summed E-state index contributed by atoms with van der Waals surface area (Å²) in [5, 5.41) is 6.32. The third-order valence-corrected chi connectivity index (χ3v) is 5.39. The van der Waals surface area contributed by atoms with E-state index in [0.29, 0.717) is 59.2 Å². The number of hydrogen-bond acceptors (Lipinski definition) is 6. The molecule has 174 valence electrons. The highest BCUT2D eigenvalue weighted by Gasteiger charge is 2.20. The Morgan fingerprint density at radius 3 is 1.91 bits per heavy atom. The van der Waals surface area contributed by atoms with Crippen LogP contribution in [0.1, 0.15) is 5.56 Å². The van der Waals surface area contributed by atoms with Gasteiger partial charge in [0.2, 0.25) is 5.95 Å². The zero-order valence-electron chi connectivity index (χ0n) is 18.0. The second-order valence-electron chi connectivity index (χ2n) is 7.40. The van der Waals surface area contributed by atoms with E-state index in [1.807, 2.05) is 4.90 Å². The maximum atomic E-state index is 13.1. The first kappa shape index (κ1) is 23.7. The van der Waals surface area contributed by atoms with E-state index in [-0.39, 0.29) is 5.57 Å². The summed E-state index contributed by atoms with van der Waals surface area (Å²) in [4.78, 5) is 36.9. The predicted octanol–water partition coefficient (Wildman–Crippen LogP) is 4.28. The molecule has 2 heterocycles. The van der Waals surface area contributed by atoms with Gasteiger partial charge in [-0.05, 0) is 42.5 Å². The fourth-order valence-corrected chi connectivity index (χ4v) is 3.64. The summed E-state index contributed by atoms with van der Waals surface area (Å²) in [6.45, 7) is 2.63. The Kier molecular flexibility index (Phi) is 7.74. The van der Waals surface area contributed by atoms with Crippen LogP contribution in [0.3, 0.4) is 0 Å². The molecule has 0 atom stereocenters. The minimum absolute atomic E-state index is 0.136. The van der Waals surface area contributed by atoms with Crippen molar-refractivity contribution >= 4 is 58.4 Å². The molecule has 0 aliphatic carbocycles. The van der Waals surface area contributed by atoms with E-state index >= 15 is 0 Å². The number of halogens is 2. The van der Waals surface area contributed by atoms with E-state index in [1.54, 1.807) is 60.9 Å². The summed E-state index contributed by atoms with van der Waals surface area (Å²) in [6.07, 6.45) is 4.57. The number of benzene rings is 2. The van der Waals surface area contributed by atoms with Crippen molar-refractivity contribution in [2.45, 2.75) is 0 Å². The maximum absolute atomic E-state index is 13.1. The minimum Gasteiger partial charge on any atom is -0.378 e. The lowest BCUT2D eigenvalue weighted by Gasteiger charge is -2.26. The molecule has 0 unspecified atom stereocenters. The molecule has 2 N–H and O–H groups in total. The molecule has 10 heteroatoms. The van der Waals surface area contributed by atoms with Crippen LogP contribution in [-0.4, -0.2) is 48.1 Å². The van der Waals surface area contributed by atoms with Gasteiger partial charge in [-0.25, -0.2) is 9.97 Å². The number of nitrogens with one attached hydrogen (secondary N) is 2. The Labute approximate surface area is 206 Å². The lowest BCUT2D eigenvalue weighted by atomic mass is 10.1. The Morgan fingerprint density at radius 2 is 1.41 bits per heavy atom. The number of carbonyl (C=O) groups excluding carboxylic acids is 2. The molecule has 0 bridgehead atoms. The van der Waals surface area contributed by atoms with E-state index in [9.17, 15) is 9.59 Å². The Bertz CT molecular complexity index is 1150. The fraction of sp³-hybridized carbons (Fsp3) is 0.167. The van der Waals surface area contributed by atoms with E-state index in [2.05, 4.69) is 20.6 Å². The normalized spacial score (nSPS) is 13.2. The molecular weight excluding hydrogens is 477 g/mol. The smallest absolute Gasteiger partial charge is 0.261 e. The predicted molar refractivity (Wildman–Crippen MR) is 133 cm³/mol. The highest BCUT2D eigenvalue weighted by molar-refractivity contribution is 6.32. The van der Waals surface area contributed by atoms with Crippen molar-refractivity contribution in [3.05, 3.63) is 82.1 Å². The summed E-state index contributed by atoms with van der Waals surface area (Å²) in [6, 6.07) is 13.3. The topological polar surface area (TPSA) is 96.5 Å². The molecule has 0 spiro atoms. The molecular formula is C24H21Cl2N5O3. The number of ether oxygens (including phenoxy) is 1. The number of aromatic nitrogens is 2. The van der Waals surface area contributed by atoms with Crippen molar-refractivity contribution < 1.29 is 14.3 Å². The van der Waals surface area contributed by atoms with Crippen LogP contribution < -0.4 is 15.5 Å². The van der Waals surface area contributed by atoms with Gasteiger partial charge in [0.25, 0.3) is 11.8 Å². The van der Waals surface area contributed by atoms with Crippen LogP contribution in [0.2, 0.25) is 10.0 Å². The van der Waals surface area contributed by atoms with Crippen LogP contribution in [0.25, 0.3) is 6.08 Å². The number of morpholine rings is 1. The molecule has 1 aliphatic rings. The van der Waals surface area contributed by atoms with Gasteiger partial charge in [0.1, 0.15) is 5.57 Å². The molecule has 8 nitrogen and oxygen atoms in total. The zero-order chi connectivity index (χ0) is 23.9. The average molecular weight is 498 g/mol. The first-order valence-electron chi connectivity index (χ1n) is 10.5. The third kappa shape index (κ3) is 6.32. The van der Waals surface area contributed by atoms with Gasteiger partial charge < -0.3 is 20.3 Å². The molecule has 2 aromatic carbocycles. The van der Waals surface area contributed by atoms with Gasteiger partial charge in [-0.3, -0.25) is 9.59 Å². The van der Waals surface area contributed by atoms with E-state index < -0.39 is 11.8 Å². The van der Waals surface area contributed by atoms with Crippen molar-refractivity contribution in [1.29, 1.82) is 0 Å². The summed E-state index contributed by atoms with van der Waals surface area (Å²) in [7, 11) is 0. The number of nitrogens with zero attached hydrogens (tertiary/aromatic N) is 3. The van der Waals surface area contributed by atoms with E-state index in [1.165, 1.54) is 6.08 Å². The van der Waals surface area contributed by atoms with Gasteiger partial charge in [0.15, 0.2) is 0 Å². The van der Waals surface area contributed by atoms with Gasteiger partial charge in [0.05, 0.1) is 13.2 Å². The fourth-order valence-electron chi connectivity index (χ4n) is 3.26. The summed E-state index contributed by atoms with van der Waals surface area (Å²) < 4.78 is 5.35. The second kappa shape index (κ2) is 11.1. The second-order valence-corrected chi connectivity index (χ2v) is 8.28. The monoisotopic (exact) mass is 497 g/mol. The molecule has 34 heavy (non-hydrogen) atoms. The van der Waals surface area contributed by atoms with Crippen LogP contribution in [0.4, 0.5) is 17.3 Å². The number of rotatable bonds is 6. The Morgan fingerprint density at radius 1 is 0.882 bits per heavy atom. The zero-order valence-corrected chi connectivity index (χ0v) is 19.5. The SMILES string of the molecule is O=C(Nc1cccc(Cl)c1)C(=Cc1cnc(N2CCOCC2)nc1)C(=O)Nc1cccc(Cl)c1. The Hall–Kier alpha value is -3.46. The van der Waals surface area contributed by atoms with Gasteiger partial charge in [-0.2, -0.15) is 0 Å². The van der Waals surface area contributed by atoms with Crippen LogP contribution in [0.5, 0.6) is 0 Å². The number of carbonyl (C=O) groups is 2. The molecule has 1 fully saturated rings. The average Bonchev–Trinajstić information content (AvgIpc) is 2.83. The first-order valence-corrected chi connectivity index (χ1v) is 11.2. The first-order chi connectivity index (χ1) is 16.5. The maximum Gasteiger partial charge on any atom is 0.261 e. The third-order valence-electron chi connectivity index (χ3n) is 4.92. The molecule has 4 rings (SSSR count). The minimum atomic E-state index is -0.612. The Balaban J connectivity index is 1.59. The van der Waals surface area contributed by atoms with E-state index in [4.69, 9.17) is 27.9 Å². The lowest BCUT2D eigenvalue weighted by molar-refractivity contribution is -0.118. The van der Waals surface area contributed by atoms with Gasteiger partial charge >= 0.3 is 0 Å². The van der Waals surface area contributed by atoms with Gasteiger partial charge in [0, 0.05) is 52.5 Å². The summed E-state index contributed by atoms with van der Waals surface area (Å²) >= 11 is 12.0. The molecule has 1 aliphatic heterocycles.